The smallest absolute Gasteiger partial charge is 0.356 e. The summed E-state index contributed by atoms with van der Waals surface area (Å²) in [4.78, 5) is 18.2. The van der Waals surface area contributed by atoms with Gasteiger partial charge in [0.2, 0.25) is 0 Å². The SMILES string of the molecule is O=C(O)c1ncnc2ccsc12. The van der Waals surface area contributed by atoms with Gasteiger partial charge in [-0.15, -0.1) is 11.3 Å². The Morgan fingerprint density at radius 3 is 3.08 bits per heavy atom. The Bertz CT molecular complexity index is 438. The Kier molecular flexibility index (Phi) is 1.51. The van der Waals surface area contributed by atoms with Crippen LogP contribution in [-0.4, -0.2) is 21.0 Å². The Labute approximate surface area is 71.5 Å². The number of rotatable bonds is 1. The van der Waals surface area contributed by atoms with Crippen LogP contribution in [0.5, 0.6) is 0 Å². The molecule has 0 aliphatic rings. The number of nitrogens with zero attached hydrogens (tertiary/aromatic N) is 2. The largest absolute Gasteiger partial charge is 0.476 e. The number of aromatic carboxylic acids is 1. The molecule has 0 aliphatic heterocycles. The minimum absolute atomic E-state index is 0.0787. The van der Waals surface area contributed by atoms with E-state index in [0.29, 0.717) is 10.2 Å². The molecule has 0 saturated heterocycles. The van der Waals surface area contributed by atoms with Gasteiger partial charge in [-0.05, 0) is 11.4 Å². The van der Waals surface area contributed by atoms with Crippen molar-refractivity contribution in [2.45, 2.75) is 0 Å². The van der Waals surface area contributed by atoms with Crippen LogP contribution in [-0.2, 0) is 0 Å². The molecule has 0 aromatic carbocycles. The van der Waals surface area contributed by atoms with Crippen molar-refractivity contribution >= 4 is 27.5 Å². The van der Waals surface area contributed by atoms with Gasteiger partial charge in [-0.1, -0.05) is 0 Å². The van der Waals surface area contributed by atoms with Gasteiger partial charge in [0.25, 0.3) is 0 Å². The average molecular weight is 180 g/mol. The number of fused-ring (bicyclic) bond motifs is 1. The van der Waals surface area contributed by atoms with Gasteiger partial charge < -0.3 is 5.11 Å². The maximum Gasteiger partial charge on any atom is 0.356 e. The molecule has 0 saturated carbocycles. The zero-order chi connectivity index (χ0) is 8.55. The van der Waals surface area contributed by atoms with E-state index in [9.17, 15) is 4.79 Å². The van der Waals surface area contributed by atoms with Gasteiger partial charge in [0.15, 0.2) is 5.69 Å². The van der Waals surface area contributed by atoms with E-state index >= 15 is 0 Å². The average Bonchev–Trinajstić information content (AvgIpc) is 2.49. The predicted octanol–water partition coefficient (Wildman–Crippen LogP) is 1.39. The molecular weight excluding hydrogens is 176 g/mol. The Morgan fingerprint density at radius 1 is 1.50 bits per heavy atom. The molecule has 2 rings (SSSR count). The van der Waals surface area contributed by atoms with E-state index in [2.05, 4.69) is 9.97 Å². The van der Waals surface area contributed by atoms with Crippen molar-refractivity contribution in [2.24, 2.45) is 0 Å². The van der Waals surface area contributed by atoms with Crippen LogP contribution in [0.15, 0.2) is 17.8 Å². The van der Waals surface area contributed by atoms with Crippen LogP contribution in [0.1, 0.15) is 10.5 Å². The van der Waals surface area contributed by atoms with Crippen LogP contribution in [0.2, 0.25) is 0 Å². The molecule has 60 valence electrons. The molecule has 5 heteroatoms. The van der Waals surface area contributed by atoms with E-state index in [1.54, 1.807) is 11.4 Å². The lowest BCUT2D eigenvalue weighted by atomic mass is 10.3. The molecule has 4 nitrogen and oxygen atoms in total. The predicted molar refractivity (Wildman–Crippen MR) is 44.4 cm³/mol. The number of hydrogen-bond donors (Lipinski definition) is 1. The standard InChI is InChI=1S/C7H4N2O2S/c10-7(11)5-6-4(1-2-12-6)8-3-9-5/h1-3H,(H,10,11). The van der Waals surface area contributed by atoms with E-state index in [-0.39, 0.29) is 5.69 Å². The van der Waals surface area contributed by atoms with E-state index < -0.39 is 5.97 Å². The number of carboxylic acids is 1. The summed E-state index contributed by atoms with van der Waals surface area (Å²) in [5.74, 6) is -1.01. The summed E-state index contributed by atoms with van der Waals surface area (Å²) in [5, 5.41) is 10.5. The van der Waals surface area contributed by atoms with Crippen molar-refractivity contribution in [2.75, 3.05) is 0 Å². The first-order valence-electron chi connectivity index (χ1n) is 3.20. The molecule has 0 spiro atoms. The molecule has 0 atom stereocenters. The summed E-state index contributed by atoms with van der Waals surface area (Å²) in [6, 6.07) is 1.77. The minimum atomic E-state index is -1.01. The molecule has 2 aromatic rings. The van der Waals surface area contributed by atoms with E-state index in [1.165, 1.54) is 17.7 Å². The van der Waals surface area contributed by atoms with Crippen LogP contribution < -0.4 is 0 Å². The fourth-order valence-electron chi connectivity index (χ4n) is 0.941. The van der Waals surface area contributed by atoms with Crippen molar-refractivity contribution in [3.8, 4) is 0 Å². The van der Waals surface area contributed by atoms with E-state index in [4.69, 9.17) is 5.11 Å². The highest BCUT2D eigenvalue weighted by molar-refractivity contribution is 7.17. The van der Waals surface area contributed by atoms with Gasteiger partial charge in [-0.2, -0.15) is 0 Å². The lowest BCUT2D eigenvalue weighted by molar-refractivity contribution is 0.0693. The molecule has 0 unspecified atom stereocenters. The molecule has 0 aliphatic carbocycles. The first-order chi connectivity index (χ1) is 5.79. The number of carbonyl (C=O) groups is 1. The second-order valence-electron chi connectivity index (χ2n) is 2.16. The third-order valence-electron chi connectivity index (χ3n) is 1.45. The first kappa shape index (κ1) is 7.17. The van der Waals surface area contributed by atoms with Crippen LogP contribution >= 0.6 is 11.3 Å². The quantitative estimate of drug-likeness (QED) is 0.720. The monoisotopic (exact) mass is 180 g/mol. The van der Waals surface area contributed by atoms with Crippen LogP contribution in [0.4, 0.5) is 0 Å². The molecule has 0 amide bonds. The fraction of sp³-hybridized carbons (Fsp3) is 0. The zero-order valence-corrected chi connectivity index (χ0v) is 6.71. The topological polar surface area (TPSA) is 63.1 Å². The fourth-order valence-corrected chi connectivity index (χ4v) is 1.77. The summed E-state index contributed by atoms with van der Waals surface area (Å²) in [6.07, 6.45) is 1.26. The highest BCUT2D eigenvalue weighted by Gasteiger charge is 2.10. The Balaban J connectivity index is 2.82. The first-order valence-corrected chi connectivity index (χ1v) is 4.08. The molecule has 0 radical (unpaired) electrons. The maximum absolute atomic E-state index is 10.6. The minimum Gasteiger partial charge on any atom is -0.476 e. The molecule has 0 fully saturated rings. The van der Waals surface area contributed by atoms with Crippen molar-refractivity contribution in [3.05, 3.63) is 23.5 Å². The number of carboxylic acid groups (broad SMARTS) is 1. The number of hydrogen-bond acceptors (Lipinski definition) is 4. The third kappa shape index (κ3) is 0.947. The zero-order valence-electron chi connectivity index (χ0n) is 5.89. The van der Waals surface area contributed by atoms with E-state index in [1.807, 2.05) is 0 Å². The summed E-state index contributed by atoms with van der Waals surface area (Å²) in [6.45, 7) is 0. The van der Waals surface area contributed by atoms with Crippen molar-refractivity contribution in [1.82, 2.24) is 9.97 Å². The third-order valence-corrected chi connectivity index (χ3v) is 2.36. The summed E-state index contributed by atoms with van der Waals surface area (Å²) in [7, 11) is 0. The molecule has 2 aromatic heterocycles. The molecular formula is C7H4N2O2S. The van der Waals surface area contributed by atoms with Gasteiger partial charge in [0.1, 0.15) is 6.33 Å². The van der Waals surface area contributed by atoms with Crippen LogP contribution in [0, 0.1) is 0 Å². The molecule has 1 N–H and O–H groups in total. The summed E-state index contributed by atoms with van der Waals surface area (Å²) >= 11 is 1.34. The van der Waals surface area contributed by atoms with E-state index in [0.717, 1.165) is 0 Å². The Hall–Kier alpha value is -1.49. The number of aromatic nitrogens is 2. The molecule has 2 heterocycles. The summed E-state index contributed by atoms with van der Waals surface area (Å²) < 4.78 is 0.630. The Morgan fingerprint density at radius 2 is 2.33 bits per heavy atom. The second-order valence-corrected chi connectivity index (χ2v) is 3.08. The lowest BCUT2D eigenvalue weighted by Gasteiger charge is -1.92. The van der Waals surface area contributed by atoms with Gasteiger partial charge in [-0.25, -0.2) is 14.8 Å². The van der Waals surface area contributed by atoms with Gasteiger partial charge in [-0.3, -0.25) is 0 Å². The van der Waals surface area contributed by atoms with Gasteiger partial charge >= 0.3 is 5.97 Å². The molecule has 0 bridgehead atoms. The summed E-state index contributed by atoms with van der Waals surface area (Å²) in [5.41, 5.74) is 0.766. The number of thiophene rings is 1. The molecule has 12 heavy (non-hydrogen) atoms. The highest BCUT2D eigenvalue weighted by Crippen LogP contribution is 2.20. The van der Waals surface area contributed by atoms with Gasteiger partial charge in [0.05, 0.1) is 10.2 Å². The lowest BCUT2D eigenvalue weighted by Crippen LogP contribution is -2.00. The van der Waals surface area contributed by atoms with Crippen molar-refractivity contribution < 1.29 is 9.90 Å². The second kappa shape index (κ2) is 2.53. The van der Waals surface area contributed by atoms with Gasteiger partial charge in [0, 0.05) is 0 Å². The van der Waals surface area contributed by atoms with Crippen LogP contribution in [0.3, 0.4) is 0 Å². The van der Waals surface area contributed by atoms with Crippen LogP contribution in [0.25, 0.3) is 10.2 Å². The maximum atomic E-state index is 10.6. The normalized spacial score (nSPS) is 10.3. The van der Waals surface area contributed by atoms with Crippen molar-refractivity contribution in [1.29, 1.82) is 0 Å². The van der Waals surface area contributed by atoms with Crippen molar-refractivity contribution in [3.63, 3.8) is 0 Å². The highest BCUT2D eigenvalue weighted by atomic mass is 32.1.